The number of aryl methyl sites for hydroxylation is 3. The van der Waals surface area contributed by atoms with Gasteiger partial charge in [0.05, 0.1) is 4.88 Å². The van der Waals surface area contributed by atoms with Crippen molar-refractivity contribution < 1.29 is 4.79 Å². The van der Waals surface area contributed by atoms with Crippen molar-refractivity contribution in [2.45, 2.75) is 20.8 Å². The minimum Gasteiger partial charge on any atom is -0.288 e. The molecule has 1 aromatic carbocycles. The second-order valence-electron chi connectivity index (χ2n) is 4.16. The van der Waals surface area contributed by atoms with Gasteiger partial charge in [-0.2, -0.15) is 0 Å². The Morgan fingerprint density at radius 1 is 1.12 bits per heavy atom. The molecular formula is C14H13BrOS. The van der Waals surface area contributed by atoms with Gasteiger partial charge in [-0.3, -0.25) is 4.79 Å². The number of ketones is 1. The Labute approximate surface area is 114 Å². The highest BCUT2D eigenvalue weighted by Gasteiger charge is 2.15. The van der Waals surface area contributed by atoms with E-state index in [1.165, 1.54) is 4.88 Å². The van der Waals surface area contributed by atoms with Gasteiger partial charge in [-0.15, -0.1) is 11.3 Å². The van der Waals surface area contributed by atoms with Crippen LogP contribution in [-0.4, -0.2) is 5.78 Å². The maximum Gasteiger partial charge on any atom is 0.203 e. The second-order valence-corrected chi connectivity index (χ2v) is 6.27. The van der Waals surface area contributed by atoms with Gasteiger partial charge >= 0.3 is 0 Å². The van der Waals surface area contributed by atoms with E-state index in [9.17, 15) is 4.79 Å². The maximum absolute atomic E-state index is 12.3. The maximum atomic E-state index is 12.3. The summed E-state index contributed by atoms with van der Waals surface area (Å²) in [5, 5.41) is 0. The smallest absolute Gasteiger partial charge is 0.203 e. The molecule has 0 aliphatic heterocycles. The second kappa shape index (κ2) is 4.75. The highest BCUT2D eigenvalue weighted by Crippen LogP contribution is 2.26. The lowest BCUT2D eigenvalue weighted by atomic mass is 10.1. The molecule has 0 atom stereocenters. The van der Waals surface area contributed by atoms with Gasteiger partial charge in [0.1, 0.15) is 0 Å². The third-order valence-electron chi connectivity index (χ3n) is 2.68. The Morgan fingerprint density at radius 2 is 1.82 bits per heavy atom. The lowest BCUT2D eigenvalue weighted by Gasteiger charge is -2.03. The highest BCUT2D eigenvalue weighted by molar-refractivity contribution is 9.10. The van der Waals surface area contributed by atoms with Crippen molar-refractivity contribution in [3.05, 3.63) is 55.2 Å². The molecule has 0 saturated heterocycles. The fourth-order valence-electron chi connectivity index (χ4n) is 1.73. The van der Waals surface area contributed by atoms with Gasteiger partial charge in [-0.25, -0.2) is 0 Å². The van der Waals surface area contributed by atoms with Crippen LogP contribution in [0.1, 0.15) is 31.2 Å². The first-order valence-corrected chi connectivity index (χ1v) is 6.98. The first kappa shape index (κ1) is 12.5. The van der Waals surface area contributed by atoms with E-state index in [0.29, 0.717) is 0 Å². The summed E-state index contributed by atoms with van der Waals surface area (Å²) in [7, 11) is 0. The largest absolute Gasteiger partial charge is 0.288 e. The Balaban J connectivity index is 2.44. The van der Waals surface area contributed by atoms with Gasteiger partial charge < -0.3 is 0 Å². The quantitative estimate of drug-likeness (QED) is 0.737. The molecule has 0 bridgehead atoms. The van der Waals surface area contributed by atoms with Gasteiger partial charge in [-0.1, -0.05) is 28.1 Å². The first-order chi connectivity index (χ1) is 7.99. The van der Waals surface area contributed by atoms with Crippen molar-refractivity contribution in [1.82, 2.24) is 0 Å². The molecule has 0 aliphatic rings. The molecule has 2 aromatic rings. The number of rotatable bonds is 2. The summed E-state index contributed by atoms with van der Waals surface area (Å²) < 4.78 is 0.981. The van der Waals surface area contributed by atoms with E-state index in [-0.39, 0.29) is 5.78 Å². The zero-order chi connectivity index (χ0) is 12.6. The molecule has 0 spiro atoms. The minimum atomic E-state index is 0.112. The molecule has 0 saturated carbocycles. The number of hydrogen-bond acceptors (Lipinski definition) is 2. The van der Waals surface area contributed by atoms with Crippen molar-refractivity contribution in [2.24, 2.45) is 0 Å². The summed E-state index contributed by atoms with van der Waals surface area (Å²) in [5.41, 5.74) is 2.95. The SMILES string of the molecule is Cc1cc(C)c(C(=O)c2ccc(C)c(Br)c2)s1. The topological polar surface area (TPSA) is 17.1 Å². The Hall–Kier alpha value is -0.930. The number of hydrogen-bond donors (Lipinski definition) is 0. The van der Waals surface area contributed by atoms with Crippen molar-refractivity contribution in [3.8, 4) is 0 Å². The van der Waals surface area contributed by atoms with Crippen LogP contribution in [0.15, 0.2) is 28.7 Å². The summed E-state index contributed by atoms with van der Waals surface area (Å²) in [6, 6.07) is 7.80. The summed E-state index contributed by atoms with van der Waals surface area (Å²) in [6.07, 6.45) is 0. The lowest BCUT2D eigenvalue weighted by molar-refractivity contribution is 0.104. The van der Waals surface area contributed by atoms with Crippen LogP contribution in [0.2, 0.25) is 0 Å². The van der Waals surface area contributed by atoms with E-state index in [1.807, 2.05) is 39.0 Å². The van der Waals surface area contributed by atoms with E-state index < -0.39 is 0 Å². The molecule has 88 valence electrons. The van der Waals surface area contributed by atoms with E-state index in [4.69, 9.17) is 0 Å². The van der Waals surface area contributed by atoms with Gasteiger partial charge in [-0.05, 0) is 44.0 Å². The Morgan fingerprint density at radius 3 is 2.35 bits per heavy atom. The lowest BCUT2D eigenvalue weighted by Crippen LogP contribution is -2.00. The molecular weight excluding hydrogens is 296 g/mol. The fraction of sp³-hybridized carbons (Fsp3) is 0.214. The molecule has 0 fully saturated rings. The van der Waals surface area contributed by atoms with Gasteiger partial charge in [0.25, 0.3) is 0 Å². The van der Waals surface area contributed by atoms with Crippen LogP contribution in [-0.2, 0) is 0 Å². The molecule has 0 N–H and O–H groups in total. The fourth-order valence-corrected chi connectivity index (χ4v) is 3.10. The molecule has 0 radical (unpaired) electrons. The highest BCUT2D eigenvalue weighted by atomic mass is 79.9. The average Bonchev–Trinajstić information content (AvgIpc) is 2.61. The van der Waals surface area contributed by atoms with E-state index in [1.54, 1.807) is 11.3 Å². The van der Waals surface area contributed by atoms with Gasteiger partial charge in [0, 0.05) is 14.9 Å². The third-order valence-corrected chi connectivity index (χ3v) is 4.69. The monoisotopic (exact) mass is 308 g/mol. The first-order valence-electron chi connectivity index (χ1n) is 5.37. The predicted octanol–water partition coefficient (Wildman–Crippen LogP) is 4.67. The minimum absolute atomic E-state index is 0.112. The van der Waals surface area contributed by atoms with Crippen LogP contribution >= 0.6 is 27.3 Å². The van der Waals surface area contributed by atoms with Crippen LogP contribution in [0.3, 0.4) is 0 Å². The molecule has 0 aliphatic carbocycles. The zero-order valence-electron chi connectivity index (χ0n) is 10.0. The predicted molar refractivity (Wildman–Crippen MR) is 76.1 cm³/mol. The van der Waals surface area contributed by atoms with Gasteiger partial charge in [0.15, 0.2) is 0 Å². The molecule has 1 heterocycles. The Kier molecular flexibility index (Phi) is 3.50. The summed E-state index contributed by atoms with van der Waals surface area (Å²) >= 11 is 5.02. The summed E-state index contributed by atoms with van der Waals surface area (Å²) in [5.74, 6) is 0.112. The molecule has 1 nitrogen and oxygen atoms in total. The number of carbonyl (C=O) groups is 1. The van der Waals surface area contributed by atoms with Gasteiger partial charge in [0.2, 0.25) is 5.78 Å². The van der Waals surface area contributed by atoms with Crippen molar-refractivity contribution >= 4 is 33.0 Å². The normalized spacial score (nSPS) is 10.6. The van der Waals surface area contributed by atoms with Crippen molar-refractivity contribution in [2.75, 3.05) is 0 Å². The number of halogens is 1. The number of thiophene rings is 1. The average molecular weight is 309 g/mol. The molecule has 0 amide bonds. The van der Waals surface area contributed by atoms with Crippen LogP contribution in [0, 0.1) is 20.8 Å². The van der Waals surface area contributed by atoms with E-state index in [0.717, 1.165) is 26.0 Å². The van der Waals surface area contributed by atoms with Crippen LogP contribution in [0.25, 0.3) is 0 Å². The molecule has 17 heavy (non-hydrogen) atoms. The molecule has 1 aromatic heterocycles. The number of benzene rings is 1. The molecule has 2 rings (SSSR count). The molecule has 3 heteroatoms. The Bertz CT molecular complexity index is 584. The summed E-state index contributed by atoms with van der Waals surface area (Å²) in [4.78, 5) is 14.4. The van der Waals surface area contributed by atoms with Crippen LogP contribution < -0.4 is 0 Å². The summed E-state index contributed by atoms with van der Waals surface area (Å²) in [6.45, 7) is 6.03. The van der Waals surface area contributed by atoms with E-state index >= 15 is 0 Å². The number of carbonyl (C=O) groups excluding carboxylic acids is 1. The zero-order valence-corrected chi connectivity index (χ0v) is 12.4. The standard InChI is InChI=1S/C14H13BrOS/c1-8-4-5-11(7-12(8)15)13(16)14-9(2)6-10(3)17-14/h4-7H,1-3H3. The van der Waals surface area contributed by atoms with Crippen LogP contribution in [0.4, 0.5) is 0 Å². The third kappa shape index (κ3) is 2.50. The molecule has 0 unspecified atom stereocenters. The van der Waals surface area contributed by atoms with Crippen LogP contribution in [0.5, 0.6) is 0 Å². The van der Waals surface area contributed by atoms with Crippen molar-refractivity contribution in [3.63, 3.8) is 0 Å². The van der Waals surface area contributed by atoms with Crippen molar-refractivity contribution in [1.29, 1.82) is 0 Å². The van der Waals surface area contributed by atoms with E-state index in [2.05, 4.69) is 22.0 Å².